The van der Waals surface area contributed by atoms with E-state index in [2.05, 4.69) is 15.5 Å². The van der Waals surface area contributed by atoms with Crippen LogP contribution in [0.4, 0.5) is 24.7 Å². The average Bonchev–Trinajstić information content (AvgIpc) is 2.92. The molecule has 9 heteroatoms. The van der Waals surface area contributed by atoms with E-state index in [-0.39, 0.29) is 18.0 Å². The molecule has 0 radical (unpaired) electrons. The number of aryl methyl sites for hydroxylation is 1. The molecule has 0 bridgehead atoms. The first-order chi connectivity index (χ1) is 15.7. The molecule has 6 nitrogen and oxygen atoms in total. The number of carbonyl (C=O) groups is 1. The zero-order valence-corrected chi connectivity index (χ0v) is 19.9. The fraction of sp³-hybridized carbons (Fsp3) is 0.400. The lowest BCUT2D eigenvalue weighted by molar-refractivity contribution is -0.170. The number of hydrogen-bond donors (Lipinski definition) is 2. The molecule has 0 atom stereocenters. The van der Waals surface area contributed by atoms with E-state index in [0.29, 0.717) is 16.9 Å². The summed E-state index contributed by atoms with van der Waals surface area (Å²) in [7, 11) is 1.73. The number of likely N-dealkylation sites (N-methyl/N-ethyl adjacent to an activating group) is 1. The Morgan fingerprint density at radius 1 is 1.15 bits per heavy atom. The minimum atomic E-state index is -3.78. The van der Waals surface area contributed by atoms with Crippen LogP contribution in [0.2, 0.25) is 0 Å². The number of aromatic nitrogens is 2. The predicted molar refractivity (Wildman–Crippen MR) is 125 cm³/mol. The Morgan fingerprint density at radius 2 is 1.82 bits per heavy atom. The molecule has 2 N–H and O–H groups in total. The molecule has 0 fully saturated rings. The normalized spacial score (nSPS) is 15.7. The van der Waals surface area contributed by atoms with Gasteiger partial charge in [0.05, 0.1) is 16.7 Å². The summed E-state index contributed by atoms with van der Waals surface area (Å²) in [6.45, 7) is 7.24. The number of nitrogens with one attached hydrogen (secondary N) is 1. The zero-order chi connectivity index (χ0) is 25.2. The van der Waals surface area contributed by atoms with Crippen molar-refractivity contribution in [3.63, 3.8) is 0 Å². The third-order valence-electron chi connectivity index (χ3n) is 6.59. The molecule has 0 unspecified atom stereocenters. The van der Waals surface area contributed by atoms with Crippen molar-refractivity contribution in [1.82, 2.24) is 10.2 Å². The molecule has 180 valence electrons. The monoisotopic (exact) mass is 472 g/mol. The van der Waals surface area contributed by atoms with Gasteiger partial charge in [-0.1, -0.05) is 12.1 Å². The molecule has 34 heavy (non-hydrogen) atoms. The van der Waals surface area contributed by atoms with Crippen molar-refractivity contribution in [2.45, 2.75) is 58.1 Å². The van der Waals surface area contributed by atoms with Crippen molar-refractivity contribution in [3.8, 4) is 0 Å². The summed E-state index contributed by atoms with van der Waals surface area (Å²) < 4.78 is 44.3. The number of nitrogens with zero attached hydrogens (tertiary/aromatic N) is 3. The first-order valence-electron chi connectivity index (χ1n) is 10.9. The van der Waals surface area contributed by atoms with Crippen LogP contribution in [0.5, 0.6) is 0 Å². The number of benzene rings is 2. The smallest absolute Gasteiger partial charge is 0.303 e. The van der Waals surface area contributed by atoms with Gasteiger partial charge in [-0.15, -0.1) is 5.10 Å². The molecule has 1 aromatic heterocycles. The van der Waals surface area contributed by atoms with E-state index >= 15 is 4.39 Å². The summed E-state index contributed by atoms with van der Waals surface area (Å²) >= 11 is 0. The molecule has 0 spiro atoms. The Labute approximate surface area is 195 Å². The largest absolute Gasteiger partial charge is 0.384 e. The van der Waals surface area contributed by atoms with E-state index in [0.717, 1.165) is 36.6 Å². The highest BCUT2D eigenvalue weighted by atomic mass is 19.3. The molecule has 1 amide bonds. The van der Waals surface area contributed by atoms with Gasteiger partial charge in [-0.3, -0.25) is 4.79 Å². The Morgan fingerprint density at radius 3 is 2.47 bits per heavy atom. The molecule has 0 saturated carbocycles. The number of aliphatic hydroxyl groups is 1. The molecule has 2 aromatic carbocycles. The van der Waals surface area contributed by atoms with Crippen molar-refractivity contribution in [3.05, 3.63) is 58.5 Å². The summed E-state index contributed by atoms with van der Waals surface area (Å²) in [6.07, 6.45) is 0. The van der Waals surface area contributed by atoms with Crippen LogP contribution in [0.15, 0.2) is 30.3 Å². The maximum atomic E-state index is 15.0. The minimum absolute atomic E-state index is 0.00616. The topological polar surface area (TPSA) is 78.4 Å². The summed E-state index contributed by atoms with van der Waals surface area (Å²) in [5.41, 5.74) is -1.76. The number of hydrogen-bond acceptors (Lipinski definition) is 5. The quantitative estimate of drug-likeness (QED) is 0.558. The molecular weight excluding hydrogens is 445 g/mol. The van der Waals surface area contributed by atoms with E-state index in [4.69, 9.17) is 0 Å². The second-order valence-electron chi connectivity index (χ2n) is 9.80. The van der Waals surface area contributed by atoms with Crippen molar-refractivity contribution in [2.24, 2.45) is 0 Å². The average molecular weight is 473 g/mol. The van der Waals surface area contributed by atoms with Gasteiger partial charge in [-0.2, -0.15) is 13.9 Å². The standard InChI is InChI=1S/C25H27F3N4O2/c1-13-15-11-19-18(23(2,3)22(33)32(19)6)10-16(15)21(31-30-13)29-12-14-8-7-9-17(20(14)26)25(27,28)24(4,5)34/h7-11,34H,12H2,1-6H3,(H,29,31). The van der Waals surface area contributed by atoms with Gasteiger partial charge < -0.3 is 15.3 Å². The van der Waals surface area contributed by atoms with Crippen LogP contribution in [-0.2, 0) is 22.7 Å². The van der Waals surface area contributed by atoms with E-state index < -0.39 is 28.3 Å². The third kappa shape index (κ3) is 3.50. The van der Waals surface area contributed by atoms with Crippen LogP contribution >= 0.6 is 0 Å². The number of rotatable bonds is 5. The number of fused-ring (bicyclic) bond motifs is 2. The molecule has 0 saturated heterocycles. The van der Waals surface area contributed by atoms with Gasteiger partial charge in [0.25, 0.3) is 0 Å². The van der Waals surface area contributed by atoms with Crippen LogP contribution in [0.3, 0.4) is 0 Å². The van der Waals surface area contributed by atoms with Crippen LogP contribution in [0.25, 0.3) is 10.8 Å². The second kappa shape index (κ2) is 7.66. The Bertz CT molecular complexity index is 1320. The van der Waals surface area contributed by atoms with Crippen molar-refractivity contribution >= 4 is 28.2 Å². The molecule has 0 aliphatic carbocycles. The van der Waals surface area contributed by atoms with Gasteiger partial charge in [-0.05, 0) is 58.4 Å². The fourth-order valence-electron chi connectivity index (χ4n) is 4.34. The van der Waals surface area contributed by atoms with E-state index in [1.165, 1.54) is 12.1 Å². The lowest BCUT2D eigenvalue weighted by Gasteiger charge is -2.30. The Balaban J connectivity index is 1.74. The molecule has 3 aromatic rings. The van der Waals surface area contributed by atoms with E-state index in [9.17, 15) is 18.7 Å². The number of carbonyl (C=O) groups excluding carboxylic acids is 1. The van der Waals surface area contributed by atoms with Gasteiger partial charge in [0, 0.05) is 35.6 Å². The molecule has 1 aliphatic rings. The highest BCUT2D eigenvalue weighted by Gasteiger charge is 2.49. The van der Waals surface area contributed by atoms with Crippen molar-refractivity contribution < 1.29 is 23.1 Å². The summed E-state index contributed by atoms with van der Waals surface area (Å²) in [6, 6.07) is 7.45. The lowest BCUT2D eigenvalue weighted by atomic mass is 9.85. The molecule has 2 heterocycles. The molecular formula is C25H27F3N4O2. The Kier molecular flexibility index (Phi) is 5.39. The second-order valence-corrected chi connectivity index (χ2v) is 9.80. The number of anilines is 2. The maximum absolute atomic E-state index is 15.0. The van der Waals surface area contributed by atoms with Gasteiger partial charge in [-0.25, -0.2) is 4.39 Å². The van der Waals surface area contributed by atoms with Gasteiger partial charge in [0.1, 0.15) is 11.4 Å². The maximum Gasteiger partial charge on any atom is 0.303 e. The molecule has 4 rings (SSSR count). The third-order valence-corrected chi connectivity index (χ3v) is 6.59. The first kappa shape index (κ1) is 23.9. The highest BCUT2D eigenvalue weighted by Crippen LogP contribution is 2.44. The fourth-order valence-corrected chi connectivity index (χ4v) is 4.34. The van der Waals surface area contributed by atoms with Crippen LogP contribution in [-0.4, -0.2) is 33.9 Å². The van der Waals surface area contributed by atoms with Crippen molar-refractivity contribution in [2.75, 3.05) is 17.3 Å². The number of alkyl halides is 2. The summed E-state index contributed by atoms with van der Waals surface area (Å²) in [4.78, 5) is 14.3. The first-order valence-corrected chi connectivity index (χ1v) is 10.9. The Hall–Kier alpha value is -3.20. The highest BCUT2D eigenvalue weighted by molar-refractivity contribution is 6.10. The van der Waals surface area contributed by atoms with Gasteiger partial charge >= 0.3 is 5.92 Å². The van der Waals surface area contributed by atoms with Gasteiger partial charge in [0.15, 0.2) is 5.82 Å². The molecule has 1 aliphatic heterocycles. The van der Waals surface area contributed by atoms with E-state index in [1.807, 2.05) is 26.0 Å². The number of halogens is 3. The SMILES string of the molecule is Cc1nnc(NCc2cccc(C(F)(F)C(C)(C)O)c2F)c2cc3c(cc12)N(C)C(=O)C3(C)C. The lowest BCUT2D eigenvalue weighted by Crippen LogP contribution is -2.41. The zero-order valence-electron chi connectivity index (χ0n) is 19.9. The number of amides is 1. The van der Waals surface area contributed by atoms with Crippen LogP contribution in [0, 0.1) is 12.7 Å². The minimum Gasteiger partial charge on any atom is -0.384 e. The summed E-state index contributed by atoms with van der Waals surface area (Å²) in [5.74, 6) is -4.56. The van der Waals surface area contributed by atoms with Crippen LogP contribution in [0.1, 0.15) is 50.1 Å². The van der Waals surface area contributed by atoms with Crippen molar-refractivity contribution in [1.29, 1.82) is 0 Å². The van der Waals surface area contributed by atoms with Crippen LogP contribution < -0.4 is 10.2 Å². The summed E-state index contributed by atoms with van der Waals surface area (Å²) in [5, 5.41) is 22.7. The predicted octanol–water partition coefficient (Wildman–Crippen LogP) is 4.81. The van der Waals surface area contributed by atoms with Gasteiger partial charge in [0.2, 0.25) is 5.91 Å². The van der Waals surface area contributed by atoms with E-state index in [1.54, 1.807) is 18.9 Å².